The molecule has 0 N–H and O–H groups in total. The first-order valence-corrected chi connectivity index (χ1v) is 11.6. The SMILES string of the molecule is CC(=O)c1cn(CC(=O)OC(C)(C)C)c2cc(OS(=O)(=O)C(F)(F)F)c(-c3cnc(C)nc3)cc12. The maximum absolute atomic E-state index is 13.1. The second kappa shape index (κ2) is 8.95. The smallest absolute Gasteiger partial charge is 0.459 e. The topological polar surface area (TPSA) is 117 Å². The molecule has 0 unspecified atom stereocenters. The molecule has 0 bridgehead atoms. The number of carbonyl (C=O) groups excluding carboxylic acids is 2. The van der Waals surface area contributed by atoms with E-state index in [1.807, 2.05) is 0 Å². The van der Waals surface area contributed by atoms with Gasteiger partial charge in [0.1, 0.15) is 18.0 Å². The first-order valence-electron chi connectivity index (χ1n) is 10.2. The lowest BCUT2D eigenvalue weighted by Gasteiger charge is -2.20. The van der Waals surface area contributed by atoms with Gasteiger partial charge in [-0.25, -0.2) is 9.97 Å². The summed E-state index contributed by atoms with van der Waals surface area (Å²) in [4.78, 5) is 32.7. The summed E-state index contributed by atoms with van der Waals surface area (Å²) >= 11 is 0. The third kappa shape index (κ3) is 5.78. The van der Waals surface area contributed by atoms with Crippen molar-refractivity contribution in [3.05, 3.63) is 42.1 Å². The van der Waals surface area contributed by atoms with Crippen molar-refractivity contribution in [3.63, 3.8) is 0 Å². The summed E-state index contributed by atoms with van der Waals surface area (Å²) in [5.41, 5.74) is -6.20. The van der Waals surface area contributed by atoms with Crippen molar-refractivity contribution in [2.75, 3.05) is 0 Å². The predicted octanol–water partition coefficient (Wildman–Crippen LogP) is 4.18. The predicted molar refractivity (Wildman–Crippen MR) is 119 cm³/mol. The largest absolute Gasteiger partial charge is 0.534 e. The number of ether oxygens (including phenoxy) is 1. The maximum Gasteiger partial charge on any atom is 0.534 e. The Hall–Kier alpha value is -3.48. The number of carbonyl (C=O) groups is 2. The van der Waals surface area contributed by atoms with E-state index >= 15 is 0 Å². The highest BCUT2D eigenvalue weighted by Gasteiger charge is 2.49. The van der Waals surface area contributed by atoms with E-state index in [0.717, 1.165) is 6.07 Å². The minimum atomic E-state index is -6.04. The Balaban J connectivity index is 2.27. The van der Waals surface area contributed by atoms with Crippen LogP contribution in [0.5, 0.6) is 5.75 Å². The van der Waals surface area contributed by atoms with E-state index in [2.05, 4.69) is 14.2 Å². The van der Waals surface area contributed by atoms with Gasteiger partial charge in [0.25, 0.3) is 0 Å². The van der Waals surface area contributed by atoms with Crippen LogP contribution in [0, 0.1) is 6.92 Å². The van der Waals surface area contributed by atoms with Crippen molar-refractivity contribution in [3.8, 4) is 16.9 Å². The first kappa shape index (κ1) is 26.1. The molecular formula is C22H22F3N3O6S. The van der Waals surface area contributed by atoms with E-state index in [1.165, 1.54) is 36.1 Å². The van der Waals surface area contributed by atoms with Gasteiger partial charge >= 0.3 is 21.6 Å². The molecule has 0 saturated heterocycles. The van der Waals surface area contributed by atoms with Gasteiger partial charge in [0.15, 0.2) is 11.5 Å². The summed E-state index contributed by atoms with van der Waals surface area (Å²) in [5.74, 6) is -1.37. The van der Waals surface area contributed by atoms with Gasteiger partial charge in [-0.15, -0.1) is 0 Å². The molecule has 188 valence electrons. The fourth-order valence-corrected chi connectivity index (χ4v) is 3.70. The van der Waals surface area contributed by atoms with E-state index < -0.39 is 32.9 Å². The zero-order valence-corrected chi connectivity index (χ0v) is 20.2. The number of aryl methyl sites for hydroxylation is 1. The average Bonchev–Trinajstić information content (AvgIpc) is 3.03. The van der Waals surface area contributed by atoms with Gasteiger partial charge < -0.3 is 13.5 Å². The lowest BCUT2D eigenvalue weighted by atomic mass is 10.0. The molecule has 0 fully saturated rings. The maximum atomic E-state index is 13.1. The standard InChI is InChI=1S/C22H22F3N3O6S/c1-12(29)17-10-28(11-20(30)33-21(3,4)5)18-7-19(34-35(31,32)22(23,24)25)15(6-16(17)18)14-8-26-13(2)27-9-14/h6-10H,11H2,1-5H3. The molecule has 35 heavy (non-hydrogen) atoms. The molecule has 9 nitrogen and oxygen atoms in total. The minimum absolute atomic E-state index is 0.0882. The third-order valence-corrected chi connectivity index (χ3v) is 5.62. The average molecular weight is 513 g/mol. The number of benzene rings is 1. The Morgan fingerprint density at radius 3 is 2.20 bits per heavy atom. The molecule has 13 heteroatoms. The lowest BCUT2D eigenvalue weighted by molar-refractivity contribution is -0.155. The number of halogens is 3. The van der Waals surface area contributed by atoms with E-state index in [4.69, 9.17) is 4.74 Å². The normalized spacial score (nSPS) is 12.6. The Bertz CT molecular complexity index is 1410. The van der Waals surface area contributed by atoms with Crippen LogP contribution in [-0.2, 0) is 26.2 Å². The van der Waals surface area contributed by atoms with Gasteiger partial charge in [0.05, 0.1) is 5.52 Å². The molecule has 0 aliphatic heterocycles. The van der Waals surface area contributed by atoms with Gasteiger partial charge in [0.2, 0.25) is 0 Å². The quantitative estimate of drug-likeness (QED) is 0.209. The highest BCUT2D eigenvalue weighted by molar-refractivity contribution is 7.88. The molecule has 0 aliphatic rings. The van der Waals surface area contributed by atoms with E-state index in [9.17, 15) is 31.2 Å². The molecule has 0 atom stereocenters. The molecule has 2 heterocycles. The van der Waals surface area contributed by atoms with Gasteiger partial charge in [-0.1, -0.05) is 0 Å². The zero-order chi connectivity index (χ0) is 26.3. The third-order valence-electron chi connectivity index (χ3n) is 4.66. The van der Waals surface area contributed by atoms with Gasteiger partial charge in [-0.2, -0.15) is 21.6 Å². The molecule has 3 rings (SSSR count). The fraction of sp³-hybridized carbons (Fsp3) is 0.364. The number of aromatic nitrogens is 3. The van der Waals surface area contributed by atoms with Crippen molar-refractivity contribution in [2.45, 2.75) is 52.3 Å². The second-order valence-corrected chi connectivity index (χ2v) is 10.2. The molecule has 0 aliphatic carbocycles. The van der Waals surface area contributed by atoms with Crippen molar-refractivity contribution < 1.29 is 40.1 Å². The number of alkyl halides is 3. The summed E-state index contributed by atoms with van der Waals surface area (Å²) in [7, 11) is -6.04. The number of nitrogens with zero attached hydrogens (tertiary/aromatic N) is 3. The van der Waals surface area contributed by atoms with Crippen molar-refractivity contribution >= 4 is 32.8 Å². The number of fused-ring (bicyclic) bond motifs is 1. The Labute approximate surface area is 199 Å². The molecule has 0 spiro atoms. The summed E-state index contributed by atoms with van der Waals surface area (Å²) < 4.78 is 73.9. The van der Waals surface area contributed by atoms with Gasteiger partial charge in [-0.05, 0) is 40.7 Å². The van der Waals surface area contributed by atoms with Gasteiger partial charge in [-0.3, -0.25) is 9.59 Å². The van der Waals surface area contributed by atoms with Crippen LogP contribution in [0.4, 0.5) is 13.2 Å². The number of Topliss-reactive ketones (excluding diaryl/α,β-unsaturated/α-hetero) is 1. The molecule has 2 aromatic heterocycles. The highest BCUT2D eigenvalue weighted by Crippen LogP contribution is 2.39. The van der Waals surface area contributed by atoms with Crippen molar-refractivity contribution in [1.82, 2.24) is 14.5 Å². The molecule has 3 aromatic rings. The van der Waals surface area contributed by atoms with E-state index in [-0.39, 0.29) is 39.9 Å². The molecule has 0 radical (unpaired) electrons. The van der Waals surface area contributed by atoms with Crippen LogP contribution in [0.15, 0.2) is 30.7 Å². The van der Waals surface area contributed by atoms with Crippen LogP contribution >= 0.6 is 0 Å². The number of hydrogen-bond donors (Lipinski definition) is 0. The molecule has 0 saturated carbocycles. The van der Waals surface area contributed by atoms with Crippen LogP contribution in [0.1, 0.15) is 43.9 Å². The Morgan fingerprint density at radius 2 is 1.69 bits per heavy atom. The number of rotatable bonds is 6. The number of hydrogen-bond acceptors (Lipinski definition) is 8. The van der Waals surface area contributed by atoms with Crippen LogP contribution < -0.4 is 4.18 Å². The Morgan fingerprint density at radius 1 is 1.09 bits per heavy atom. The molecule has 0 amide bonds. The lowest BCUT2D eigenvalue weighted by Crippen LogP contribution is -2.28. The second-order valence-electron chi connectivity index (χ2n) is 8.68. The molecular weight excluding hydrogens is 491 g/mol. The molecule has 1 aromatic carbocycles. The monoisotopic (exact) mass is 513 g/mol. The van der Waals surface area contributed by atoms with Crippen molar-refractivity contribution in [2.24, 2.45) is 0 Å². The van der Waals surface area contributed by atoms with Crippen LogP contribution in [0.25, 0.3) is 22.0 Å². The highest BCUT2D eigenvalue weighted by atomic mass is 32.2. The minimum Gasteiger partial charge on any atom is -0.459 e. The van der Waals surface area contributed by atoms with E-state index in [0.29, 0.717) is 5.82 Å². The van der Waals surface area contributed by atoms with Crippen molar-refractivity contribution in [1.29, 1.82) is 0 Å². The number of ketones is 1. The first-order chi connectivity index (χ1) is 16.0. The number of esters is 1. The fourth-order valence-electron chi connectivity index (χ4n) is 3.23. The Kier molecular flexibility index (Phi) is 6.68. The summed E-state index contributed by atoms with van der Waals surface area (Å²) in [6, 6.07) is 2.32. The summed E-state index contributed by atoms with van der Waals surface area (Å²) in [6.45, 7) is 7.44. The zero-order valence-electron chi connectivity index (χ0n) is 19.4. The van der Waals surface area contributed by atoms with Crippen LogP contribution in [0.2, 0.25) is 0 Å². The van der Waals surface area contributed by atoms with Crippen LogP contribution in [0.3, 0.4) is 0 Å². The summed E-state index contributed by atoms with van der Waals surface area (Å²) in [6.07, 6.45) is 3.90. The van der Waals surface area contributed by atoms with E-state index in [1.54, 1.807) is 27.7 Å². The van der Waals surface area contributed by atoms with Gasteiger partial charge in [0, 0.05) is 46.7 Å². The van der Waals surface area contributed by atoms with Crippen LogP contribution in [-0.4, -0.2) is 45.8 Å². The summed E-state index contributed by atoms with van der Waals surface area (Å²) in [5, 5.41) is 0.258.